The molecule has 3 aromatic rings. The summed E-state index contributed by atoms with van der Waals surface area (Å²) < 4.78 is 1.70. The lowest BCUT2D eigenvalue weighted by Gasteiger charge is -2.32. The fourth-order valence-electron chi connectivity index (χ4n) is 3.26. The lowest BCUT2D eigenvalue weighted by atomic mass is 10.0. The molecule has 3 heterocycles. The minimum atomic E-state index is -0.115. The number of aromatic nitrogens is 4. The van der Waals surface area contributed by atoms with Gasteiger partial charge in [0.2, 0.25) is 0 Å². The highest BCUT2D eigenvalue weighted by atomic mass is 16.2. The van der Waals surface area contributed by atoms with Crippen molar-refractivity contribution in [1.29, 1.82) is 0 Å². The van der Waals surface area contributed by atoms with Gasteiger partial charge in [-0.25, -0.2) is 9.97 Å². The third-order valence-electron chi connectivity index (χ3n) is 4.62. The molecule has 1 aromatic carbocycles. The molecule has 0 radical (unpaired) electrons. The first kappa shape index (κ1) is 15.4. The number of rotatable bonds is 2. The van der Waals surface area contributed by atoms with Crippen LogP contribution in [0.5, 0.6) is 0 Å². The van der Waals surface area contributed by atoms with E-state index in [0.29, 0.717) is 42.5 Å². The molecule has 0 aliphatic carbocycles. The lowest BCUT2D eigenvalue weighted by molar-refractivity contribution is 0.0687. The molecule has 2 aromatic heterocycles. The minimum absolute atomic E-state index is 0.0238. The first-order valence-electron chi connectivity index (χ1n) is 8.25. The summed E-state index contributed by atoms with van der Waals surface area (Å²) in [6.07, 6.45) is 7.59. The Morgan fingerprint density at radius 3 is 2.64 bits per heavy atom. The Morgan fingerprint density at radius 2 is 1.88 bits per heavy atom. The summed E-state index contributed by atoms with van der Waals surface area (Å²) in [6, 6.07) is 7.40. The van der Waals surface area contributed by atoms with E-state index in [4.69, 9.17) is 0 Å². The smallest absolute Gasteiger partial charge is 0.274 e. The van der Waals surface area contributed by atoms with Crippen LogP contribution in [0.1, 0.15) is 29.4 Å². The number of hydrogen-bond acceptors (Lipinski definition) is 5. The number of para-hydroxylation sites is 1. The molecular formula is C18H17N5O2. The maximum absolute atomic E-state index is 12.7. The van der Waals surface area contributed by atoms with Crippen molar-refractivity contribution in [2.24, 2.45) is 0 Å². The van der Waals surface area contributed by atoms with Gasteiger partial charge < -0.3 is 4.90 Å². The predicted octanol–water partition coefficient (Wildman–Crippen LogP) is 1.66. The van der Waals surface area contributed by atoms with Gasteiger partial charge in [-0.2, -0.15) is 0 Å². The van der Waals surface area contributed by atoms with Crippen molar-refractivity contribution in [3.05, 3.63) is 65.2 Å². The van der Waals surface area contributed by atoms with E-state index >= 15 is 0 Å². The summed E-state index contributed by atoms with van der Waals surface area (Å²) in [5.74, 6) is -0.115. The second-order valence-corrected chi connectivity index (χ2v) is 6.09. The van der Waals surface area contributed by atoms with Crippen LogP contribution in [0.15, 0.2) is 54.0 Å². The third kappa shape index (κ3) is 2.88. The maximum atomic E-state index is 12.7. The number of carbonyl (C=O) groups is 1. The van der Waals surface area contributed by atoms with Crippen molar-refractivity contribution in [3.8, 4) is 0 Å². The highest BCUT2D eigenvalue weighted by molar-refractivity contribution is 5.92. The van der Waals surface area contributed by atoms with Crippen LogP contribution >= 0.6 is 0 Å². The van der Waals surface area contributed by atoms with Crippen LogP contribution in [0.2, 0.25) is 0 Å². The Labute approximate surface area is 144 Å². The zero-order valence-corrected chi connectivity index (χ0v) is 13.6. The van der Waals surface area contributed by atoms with Gasteiger partial charge in [0.25, 0.3) is 11.5 Å². The molecule has 1 aliphatic heterocycles. The molecule has 4 rings (SSSR count). The quantitative estimate of drug-likeness (QED) is 0.711. The fourth-order valence-corrected chi connectivity index (χ4v) is 3.26. The van der Waals surface area contributed by atoms with Crippen LogP contribution < -0.4 is 5.56 Å². The monoisotopic (exact) mass is 335 g/mol. The second kappa shape index (κ2) is 6.43. The van der Waals surface area contributed by atoms with Crippen molar-refractivity contribution < 1.29 is 4.79 Å². The lowest BCUT2D eigenvalue weighted by Crippen LogP contribution is -2.41. The zero-order valence-electron chi connectivity index (χ0n) is 13.6. The van der Waals surface area contributed by atoms with E-state index < -0.39 is 0 Å². The number of piperidine rings is 1. The van der Waals surface area contributed by atoms with Crippen LogP contribution in [0, 0.1) is 0 Å². The molecule has 7 heteroatoms. The SMILES string of the molecule is O=C(c1cnccn1)N1CCC(n2cnc3ccccc3c2=O)CC1. The first-order valence-corrected chi connectivity index (χ1v) is 8.25. The van der Waals surface area contributed by atoms with Crippen molar-refractivity contribution >= 4 is 16.8 Å². The number of likely N-dealkylation sites (tertiary alicyclic amines) is 1. The molecule has 0 atom stereocenters. The molecule has 1 amide bonds. The van der Waals surface area contributed by atoms with Crippen LogP contribution in [0.25, 0.3) is 10.9 Å². The molecule has 0 bridgehead atoms. The molecule has 1 fully saturated rings. The average Bonchev–Trinajstić information content (AvgIpc) is 2.69. The van der Waals surface area contributed by atoms with Crippen molar-refractivity contribution in [2.45, 2.75) is 18.9 Å². The topological polar surface area (TPSA) is 81.0 Å². The normalized spacial score (nSPS) is 15.4. The number of nitrogens with zero attached hydrogens (tertiary/aromatic N) is 5. The third-order valence-corrected chi connectivity index (χ3v) is 4.62. The van der Waals surface area contributed by atoms with Gasteiger partial charge >= 0.3 is 0 Å². The van der Waals surface area contributed by atoms with Crippen molar-refractivity contribution in [1.82, 2.24) is 24.4 Å². The van der Waals surface area contributed by atoms with Crippen molar-refractivity contribution in [3.63, 3.8) is 0 Å². The van der Waals surface area contributed by atoms with E-state index in [1.807, 2.05) is 18.2 Å². The molecule has 0 N–H and O–H groups in total. The van der Waals surface area contributed by atoms with E-state index in [1.54, 1.807) is 28.1 Å². The first-order chi connectivity index (χ1) is 12.2. The van der Waals surface area contributed by atoms with E-state index in [9.17, 15) is 9.59 Å². The van der Waals surface area contributed by atoms with Gasteiger partial charge in [-0.1, -0.05) is 12.1 Å². The largest absolute Gasteiger partial charge is 0.337 e. The number of amides is 1. The molecule has 1 saturated heterocycles. The second-order valence-electron chi connectivity index (χ2n) is 6.09. The molecule has 126 valence electrons. The Bertz CT molecular complexity index is 962. The van der Waals surface area contributed by atoms with Gasteiger partial charge in [0.1, 0.15) is 5.69 Å². The highest BCUT2D eigenvalue weighted by Crippen LogP contribution is 2.22. The van der Waals surface area contributed by atoms with Gasteiger partial charge in [-0.15, -0.1) is 0 Å². The Balaban J connectivity index is 1.52. The number of carbonyl (C=O) groups excluding carboxylic acids is 1. The fraction of sp³-hybridized carbons (Fsp3) is 0.278. The van der Waals surface area contributed by atoms with Crippen LogP contribution in [0.3, 0.4) is 0 Å². The number of fused-ring (bicyclic) bond motifs is 1. The van der Waals surface area contributed by atoms with Crippen molar-refractivity contribution in [2.75, 3.05) is 13.1 Å². The van der Waals surface area contributed by atoms with E-state index in [1.165, 1.54) is 12.4 Å². The van der Waals surface area contributed by atoms with Gasteiger partial charge in [0.05, 0.1) is 23.4 Å². The van der Waals surface area contributed by atoms with E-state index in [2.05, 4.69) is 15.0 Å². The molecular weight excluding hydrogens is 318 g/mol. The predicted molar refractivity (Wildman–Crippen MR) is 92.2 cm³/mol. The highest BCUT2D eigenvalue weighted by Gasteiger charge is 2.26. The molecule has 25 heavy (non-hydrogen) atoms. The maximum Gasteiger partial charge on any atom is 0.274 e. The Morgan fingerprint density at radius 1 is 1.08 bits per heavy atom. The van der Waals surface area contributed by atoms with E-state index in [0.717, 1.165) is 0 Å². The Hall–Kier alpha value is -3.09. The van der Waals surface area contributed by atoms with Crippen LogP contribution in [-0.2, 0) is 0 Å². The summed E-state index contributed by atoms with van der Waals surface area (Å²) in [7, 11) is 0. The summed E-state index contributed by atoms with van der Waals surface area (Å²) >= 11 is 0. The summed E-state index contributed by atoms with van der Waals surface area (Å²) in [5.41, 5.74) is 1.04. The molecule has 0 saturated carbocycles. The standard InChI is InChI=1S/C18H17N5O2/c24-17-14-3-1-2-4-15(14)21-12-23(17)13-5-9-22(10-6-13)18(25)16-11-19-7-8-20-16/h1-4,7-8,11-13H,5-6,9-10H2. The molecule has 1 aliphatic rings. The van der Waals surface area contributed by atoms with Crippen LogP contribution in [0.4, 0.5) is 0 Å². The minimum Gasteiger partial charge on any atom is -0.337 e. The van der Waals surface area contributed by atoms with Crippen LogP contribution in [-0.4, -0.2) is 43.4 Å². The average molecular weight is 335 g/mol. The number of benzene rings is 1. The van der Waals surface area contributed by atoms with Gasteiger partial charge in [-0.05, 0) is 25.0 Å². The summed E-state index contributed by atoms with van der Waals surface area (Å²) in [5, 5.41) is 0.628. The zero-order chi connectivity index (χ0) is 17.2. The number of hydrogen-bond donors (Lipinski definition) is 0. The van der Waals surface area contributed by atoms with E-state index in [-0.39, 0.29) is 17.5 Å². The molecule has 0 unspecified atom stereocenters. The molecule has 7 nitrogen and oxygen atoms in total. The van der Waals surface area contributed by atoms with Gasteiger partial charge in [0.15, 0.2) is 0 Å². The van der Waals surface area contributed by atoms with Gasteiger partial charge in [0, 0.05) is 31.5 Å². The van der Waals surface area contributed by atoms with Gasteiger partial charge in [-0.3, -0.25) is 19.1 Å². The summed E-state index contributed by atoms with van der Waals surface area (Å²) in [6.45, 7) is 1.17. The molecule has 0 spiro atoms. The Kier molecular flexibility index (Phi) is 3.97. The summed E-state index contributed by atoms with van der Waals surface area (Å²) in [4.78, 5) is 39.3.